The predicted molar refractivity (Wildman–Crippen MR) is 60.8 cm³/mol. The first-order valence-electron chi connectivity index (χ1n) is 4.62. The molecule has 4 nitrogen and oxygen atoms in total. The quantitative estimate of drug-likeness (QED) is 0.602. The van der Waals surface area contributed by atoms with Crippen molar-refractivity contribution in [1.29, 1.82) is 0 Å². The van der Waals surface area contributed by atoms with E-state index >= 15 is 0 Å². The Morgan fingerprint density at radius 1 is 1.36 bits per heavy atom. The summed E-state index contributed by atoms with van der Waals surface area (Å²) in [5, 5.41) is 15.0. The van der Waals surface area contributed by atoms with E-state index in [9.17, 15) is 9.90 Å². The summed E-state index contributed by atoms with van der Waals surface area (Å²) in [6.07, 6.45) is -0.591. The molecule has 0 fully saturated rings. The van der Waals surface area contributed by atoms with Gasteiger partial charge in [0.2, 0.25) is 5.91 Å². The molecule has 2 unspecified atom stereocenters. The molecule has 0 heterocycles. The largest absolute Gasteiger partial charge is 0.391 e. The van der Waals surface area contributed by atoms with Gasteiger partial charge in [-0.2, -0.15) is 0 Å². The molecular formula is C9H21N2O2P. The van der Waals surface area contributed by atoms with Crippen LogP contribution in [0.5, 0.6) is 0 Å². The topological polar surface area (TPSA) is 61.4 Å². The molecule has 14 heavy (non-hydrogen) atoms. The van der Waals surface area contributed by atoms with Gasteiger partial charge in [-0.15, -0.1) is 0 Å². The second kappa shape index (κ2) is 4.56. The van der Waals surface area contributed by atoms with Crippen molar-refractivity contribution in [1.82, 2.24) is 10.4 Å². The molecule has 3 N–H and O–H groups in total. The third-order valence-electron chi connectivity index (χ3n) is 2.41. The van der Waals surface area contributed by atoms with Crippen molar-refractivity contribution in [3.05, 3.63) is 0 Å². The Hall–Kier alpha value is -0.180. The van der Waals surface area contributed by atoms with Crippen molar-refractivity contribution in [3.8, 4) is 0 Å². The number of hydrogen-bond donors (Lipinski definition) is 3. The van der Waals surface area contributed by atoms with Crippen LogP contribution in [-0.2, 0) is 4.79 Å². The number of amides is 1. The summed E-state index contributed by atoms with van der Waals surface area (Å²) in [6.45, 7) is 8.77. The Kier molecular flexibility index (Phi) is 4.50. The van der Waals surface area contributed by atoms with Gasteiger partial charge in [0.05, 0.1) is 17.2 Å². The van der Waals surface area contributed by atoms with Gasteiger partial charge in [-0.1, -0.05) is 9.39 Å². The van der Waals surface area contributed by atoms with Crippen LogP contribution in [0.15, 0.2) is 0 Å². The molecule has 0 aromatic rings. The molecule has 0 aliphatic carbocycles. The van der Waals surface area contributed by atoms with Gasteiger partial charge < -0.3 is 10.4 Å². The van der Waals surface area contributed by atoms with Crippen molar-refractivity contribution in [2.75, 3.05) is 0 Å². The van der Waals surface area contributed by atoms with E-state index in [4.69, 9.17) is 0 Å². The van der Waals surface area contributed by atoms with Crippen LogP contribution >= 0.6 is 9.39 Å². The summed E-state index contributed by atoms with van der Waals surface area (Å²) in [5.41, 5.74) is -1.27. The number of aliphatic hydroxyl groups excluding tert-OH is 1. The maximum atomic E-state index is 11.7. The second-order valence-electron chi connectivity index (χ2n) is 4.62. The lowest BCUT2D eigenvalue weighted by molar-refractivity contribution is -0.128. The maximum absolute atomic E-state index is 11.7. The highest BCUT2D eigenvalue weighted by molar-refractivity contribution is 7.13. The fourth-order valence-corrected chi connectivity index (χ4v) is 0.750. The Morgan fingerprint density at radius 2 is 1.79 bits per heavy atom. The first kappa shape index (κ1) is 13.8. The minimum Gasteiger partial charge on any atom is -0.391 e. The summed E-state index contributed by atoms with van der Waals surface area (Å²) in [4.78, 5) is 11.7. The van der Waals surface area contributed by atoms with E-state index in [0.717, 1.165) is 0 Å². The first-order chi connectivity index (χ1) is 6.13. The predicted octanol–water partition coefficient (Wildman–Crippen LogP) is 0.420. The molecule has 0 bridgehead atoms. The van der Waals surface area contributed by atoms with Crippen LogP contribution in [0.3, 0.4) is 0 Å². The molecule has 0 saturated heterocycles. The third-order valence-corrected chi connectivity index (χ3v) is 3.13. The van der Waals surface area contributed by atoms with E-state index in [1.807, 2.05) is 0 Å². The van der Waals surface area contributed by atoms with Crippen molar-refractivity contribution in [2.45, 2.75) is 51.8 Å². The zero-order valence-electron chi connectivity index (χ0n) is 9.51. The van der Waals surface area contributed by atoms with Gasteiger partial charge in [-0.25, -0.2) is 0 Å². The highest BCUT2D eigenvalue weighted by Crippen LogP contribution is 2.12. The minimum absolute atomic E-state index is 0.140. The normalized spacial score (nSPS) is 15.1. The van der Waals surface area contributed by atoms with E-state index in [-0.39, 0.29) is 5.91 Å². The van der Waals surface area contributed by atoms with Gasteiger partial charge in [0.15, 0.2) is 0 Å². The Balaban J connectivity index is 4.48. The van der Waals surface area contributed by atoms with Crippen molar-refractivity contribution in [3.63, 3.8) is 0 Å². The van der Waals surface area contributed by atoms with E-state index in [2.05, 4.69) is 19.8 Å². The van der Waals surface area contributed by atoms with Crippen molar-refractivity contribution in [2.24, 2.45) is 0 Å². The number of hydrogen-bond acceptors (Lipinski definition) is 3. The SMILES string of the molecule is CC(O)C(C)(C)NC(=O)C(C)(C)NP. The lowest BCUT2D eigenvalue weighted by atomic mass is 9.96. The molecule has 84 valence electrons. The highest BCUT2D eigenvalue weighted by atomic mass is 31.0. The molecular weight excluding hydrogens is 199 g/mol. The molecule has 0 aromatic carbocycles. The third kappa shape index (κ3) is 3.52. The van der Waals surface area contributed by atoms with Gasteiger partial charge in [0.25, 0.3) is 0 Å². The molecule has 0 saturated carbocycles. The number of rotatable bonds is 4. The Labute approximate surface area is 88.1 Å². The Bertz CT molecular complexity index is 215. The molecule has 1 amide bonds. The van der Waals surface area contributed by atoms with Crippen LogP contribution in [0.1, 0.15) is 34.6 Å². The van der Waals surface area contributed by atoms with Crippen LogP contribution in [0.25, 0.3) is 0 Å². The molecule has 2 atom stereocenters. The zero-order valence-corrected chi connectivity index (χ0v) is 10.7. The standard InChI is InChI=1S/C9H21N2O2P/c1-6(12)8(2,3)10-7(13)9(4,5)11-14/h6,11-12H,14H2,1-5H3,(H,10,13). The fourth-order valence-electron chi connectivity index (χ4n) is 0.619. The monoisotopic (exact) mass is 220 g/mol. The zero-order chi connectivity index (χ0) is 11.6. The van der Waals surface area contributed by atoms with Crippen LogP contribution in [-0.4, -0.2) is 28.2 Å². The number of aliphatic hydroxyl groups is 1. The molecule has 0 spiro atoms. The molecule has 5 heteroatoms. The fraction of sp³-hybridized carbons (Fsp3) is 0.889. The van der Waals surface area contributed by atoms with Crippen LogP contribution in [0.2, 0.25) is 0 Å². The van der Waals surface area contributed by atoms with Crippen LogP contribution in [0, 0.1) is 0 Å². The van der Waals surface area contributed by atoms with Gasteiger partial charge >= 0.3 is 0 Å². The highest BCUT2D eigenvalue weighted by Gasteiger charge is 2.32. The van der Waals surface area contributed by atoms with Crippen LogP contribution < -0.4 is 10.4 Å². The molecule has 0 rings (SSSR count). The maximum Gasteiger partial charge on any atom is 0.240 e. The van der Waals surface area contributed by atoms with Gasteiger partial charge in [-0.3, -0.25) is 9.88 Å². The number of carbonyl (C=O) groups is 1. The lowest BCUT2D eigenvalue weighted by Gasteiger charge is -2.33. The molecule has 0 radical (unpaired) electrons. The van der Waals surface area contributed by atoms with Crippen molar-refractivity contribution >= 4 is 15.3 Å². The van der Waals surface area contributed by atoms with E-state index < -0.39 is 17.2 Å². The van der Waals surface area contributed by atoms with E-state index in [1.54, 1.807) is 34.6 Å². The molecule has 0 aliphatic heterocycles. The van der Waals surface area contributed by atoms with Crippen LogP contribution in [0.4, 0.5) is 0 Å². The second-order valence-corrected chi connectivity index (χ2v) is 4.91. The lowest BCUT2D eigenvalue weighted by Crippen LogP contribution is -2.59. The summed E-state index contributed by atoms with van der Waals surface area (Å²) in [5.74, 6) is -0.140. The summed E-state index contributed by atoms with van der Waals surface area (Å²) in [7, 11) is 2.31. The average Bonchev–Trinajstić information content (AvgIpc) is 2.03. The Morgan fingerprint density at radius 3 is 2.07 bits per heavy atom. The van der Waals surface area contributed by atoms with Gasteiger partial charge in [0, 0.05) is 0 Å². The van der Waals surface area contributed by atoms with Gasteiger partial charge in [0.1, 0.15) is 0 Å². The smallest absolute Gasteiger partial charge is 0.240 e. The average molecular weight is 220 g/mol. The molecule has 0 aliphatic rings. The first-order valence-corrected chi connectivity index (χ1v) is 5.19. The number of carbonyl (C=O) groups excluding carboxylic acids is 1. The summed E-state index contributed by atoms with van der Waals surface area (Å²) < 4.78 is 0. The van der Waals surface area contributed by atoms with E-state index in [0.29, 0.717) is 0 Å². The number of nitrogens with one attached hydrogen (secondary N) is 2. The minimum atomic E-state index is -0.656. The van der Waals surface area contributed by atoms with E-state index in [1.165, 1.54) is 0 Å². The van der Waals surface area contributed by atoms with Crippen molar-refractivity contribution < 1.29 is 9.90 Å². The summed E-state index contributed by atoms with van der Waals surface area (Å²) in [6, 6.07) is 0. The van der Waals surface area contributed by atoms with Gasteiger partial charge in [-0.05, 0) is 34.6 Å². The summed E-state index contributed by atoms with van der Waals surface area (Å²) >= 11 is 0. The molecule has 0 aromatic heterocycles.